The first-order valence-corrected chi connectivity index (χ1v) is 13.4. The Morgan fingerprint density at radius 2 is 1.65 bits per heavy atom. The number of rotatable bonds is 15. The second kappa shape index (κ2) is 14.5. The van der Waals surface area contributed by atoms with Crippen LogP contribution >= 0.6 is 24.4 Å². The molecule has 14 heteroatoms. The minimum Gasteiger partial charge on any atom is -0.480 e. The normalized spacial score (nSPS) is 14.2. The second-order valence-corrected chi connectivity index (χ2v) is 9.68. The van der Waals surface area contributed by atoms with Crippen LogP contribution in [0.1, 0.15) is 18.4 Å². The Morgan fingerprint density at radius 3 is 2.27 bits per heavy atom. The third kappa shape index (κ3) is 8.98. The van der Waals surface area contributed by atoms with Gasteiger partial charge in [-0.05, 0) is 30.1 Å². The van der Waals surface area contributed by atoms with E-state index in [1.165, 1.54) is 11.8 Å². The van der Waals surface area contributed by atoms with Gasteiger partial charge in [-0.15, -0.1) is 0 Å². The number of amides is 4. The molecule has 1 aromatic heterocycles. The van der Waals surface area contributed by atoms with Crippen LogP contribution in [0.2, 0.25) is 0 Å². The molecule has 0 aliphatic heterocycles. The minimum atomic E-state index is -1.55. The van der Waals surface area contributed by atoms with Crippen molar-refractivity contribution in [1.29, 1.82) is 0 Å². The van der Waals surface area contributed by atoms with Gasteiger partial charge in [-0.3, -0.25) is 19.2 Å². The van der Waals surface area contributed by atoms with Crippen LogP contribution in [0.3, 0.4) is 0 Å². The zero-order valence-corrected chi connectivity index (χ0v) is 21.9. The van der Waals surface area contributed by atoms with Crippen LogP contribution in [-0.4, -0.2) is 81.6 Å². The number of thiol groups is 1. The number of carbonyl (C=O) groups excluding carboxylic acids is 4. The van der Waals surface area contributed by atoms with E-state index in [0.717, 1.165) is 16.5 Å². The lowest BCUT2D eigenvalue weighted by molar-refractivity contribution is -0.143. The fourth-order valence-electron chi connectivity index (χ4n) is 3.54. The number of carboxylic acid groups (broad SMARTS) is 1. The smallest absolute Gasteiger partial charge is 0.326 e. The van der Waals surface area contributed by atoms with Crippen LogP contribution < -0.4 is 27.4 Å². The van der Waals surface area contributed by atoms with Gasteiger partial charge in [0.15, 0.2) is 0 Å². The quantitative estimate of drug-likeness (QED) is 0.130. The third-order valence-electron chi connectivity index (χ3n) is 5.53. The van der Waals surface area contributed by atoms with E-state index in [1.54, 1.807) is 6.20 Å². The number of H-pyrrole nitrogens is 1. The van der Waals surface area contributed by atoms with Gasteiger partial charge >= 0.3 is 5.97 Å². The Morgan fingerprint density at radius 1 is 1.03 bits per heavy atom. The molecule has 0 radical (unpaired) electrons. The first-order valence-electron chi connectivity index (χ1n) is 11.4. The van der Waals surface area contributed by atoms with Crippen LogP contribution in [0, 0.1) is 0 Å². The van der Waals surface area contributed by atoms with Gasteiger partial charge < -0.3 is 37.5 Å². The third-order valence-corrected chi connectivity index (χ3v) is 6.57. The summed E-state index contributed by atoms with van der Waals surface area (Å²) >= 11 is 5.45. The fraction of sp³-hybridized carbons (Fsp3) is 0.435. The van der Waals surface area contributed by atoms with Crippen molar-refractivity contribution >= 4 is 64.9 Å². The molecule has 37 heavy (non-hydrogen) atoms. The average molecular weight is 553 g/mol. The van der Waals surface area contributed by atoms with Gasteiger partial charge in [-0.1, -0.05) is 18.2 Å². The lowest BCUT2D eigenvalue weighted by Gasteiger charge is -2.25. The van der Waals surface area contributed by atoms with Gasteiger partial charge in [0.25, 0.3) is 0 Å². The predicted molar refractivity (Wildman–Crippen MR) is 144 cm³/mol. The summed E-state index contributed by atoms with van der Waals surface area (Å²) < 4.78 is 0. The van der Waals surface area contributed by atoms with Gasteiger partial charge in [0, 0.05) is 29.3 Å². The lowest BCUT2D eigenvalue weighted by Crippen LogP contribution is -2.58. The number of aromatic nitrogens is 1. The summed E-state index contributed by atoms with van der Waals surface area (Å²) in [5.41, 5.74) is 12.5. The summed E-state index contributed by atoms with van der Waals surface area (Å²) in [7, 11) is 0. The van der Waals surface area contributed by atoms with E-state index < -0.39 is 60.2 Å². The number of nitrogens with two attached hydrogens (primary N) is 2. The number of fused-ring (bicyclic) bond motifs is 1. The van der Waals surface area contributed by atoms with E-state index in [0.29, 0.717) is 5.75 Å². The summed E-state index contributed by atoms with van der Waals surface area (Å²) in [6.45, 7) is 0. The lowest BCUT2D eigenvalue weighted by atomic mass is 10.0. The molecule has 0 fully saturated rings. The summed E-state index contributed by atoms with van der Waals surface area (Å²) in [6.07, 6.45) is 3.20. The number of thioether (sulfide) groups is 1. The van der Waals surface area contributed by atoms with Gasteiger partial charge in [0.05, 0.1) is 12.5 Å². The first-order chi connectivity index (χ1) is 17.6. The molecule has 2 aromatic rings. The summed E-state index contributed by atoms with van der Waals surface area (Å²) in [4.78, 5) is 64.6. The molecule has 0 spiro atoms. The van der Waals surface area contributed by atoms with Crippen LogP contribution in [0.5, 0.6) is 0 Å². The SMILES string of the molecule is CSCCC(NC(=O)C(Cc1c[nH]c2ccccc12)NC(=O)C(N)CS)C(=O)NC(CC(N)=O)C(=O)O. The van der Waals surface area contributed by atoms with Crippen molar-refractivity contribution in [3.8, 4) is 0 Å². The van der Waals surface area contributed by atoms with Gasteiger partial charge in [0.1, 0.15) is 18.1 Å². The van der Waals surface area contributed by atoms with E-state index in [2.05, 4.69) is 33.6 Å². The second-order valence-electron chi connectivity index (χ2n) is 8.33. The van der Waals surface area contributed by atoms with Crippen molar-refractivity contribution < 1.29 is 29.1 Å². The minimum absolute atomic E-state index is 0.0580. The van der Waals surface area contributed by atoms with Crippen LogP contribution in [0.15, 0.2) is 30.5 Å². The number of aromatic amines is 1. The van der Waals surface area contributed by atoms with Crippen LogP contribution in [0.25, 0.3) is 10.9 Å². The Labute approximate surface area is 223 Å². The molecule has 1 aromatic carbocycles. The topological polar surface area (TPSA) is 210 Å². The maximum Gasteiger partial charge on any atom is 0.326 e. The average Bonchev–Trinajstić information content (AvgIpc) is 3.27. The van der Waals surface area contributed by atoms with E-state index in [4.69, 9.17) is 11.5 Å². The highest BCUT2D eigenvalue weighted by molar-refractivity contribution is 7.98. The molecule has 0 saturated carbocycles. The molecule has 0 bridgehead atoms. The van der Waals surface area contributed by atoms with Gasteiger partial charge in [0.2, 0.25) is 23.6 Å². The summed E-state index contributed by atoms with van der Waals surface area (Å²) in [6, 6.07) is 2.72. The van der Waals surface area contributed by atoms with Crippen LogP contribution in [-0.2, 0) is 30.4 Å². The summed E-state index contributed by atoms with van der Waals surface area (Å²) in [5.74, 6) is -3.86. The predicted octanol–water partition coefficient (Wildman–Crippen LogP) is -0.865. The highest BCUT2D eigenvalue weighted by atomic mass is 32.2. The highest BCUT2D eigenvalue weighted by Crippen LogP contribution is 2.19. The van der Waals surface area contributed by atoms with E-state index in [9.17, 15) is 29.1 Å². The molecule has 0 aliphatic rings. The molecule has 4 atom stereocenters. The van der Waals surface area contributed by atoms with Gasteiger partial charge in [-0.25, -0.2) is 4.79 Å². The molecule has 1 heterocycles. The number of carboxylic acids is 1. The maximum atomic E-state index is 13.4. The van der Waals surface area contributed by atoms with Crippen molar-refractivity contribution in [2.75, 3.05) is 17.8 Å². The maximum absolute atomic E-state index is 13.4. The van der Waals surface area contributed by atoms with Gasteiger partial charge in [-0.2, -0.15) is 24.4 Å². The molecule has 9 N–H and O–H groups in total. The summed E-state index contributed by atoms with van der Waals surface area (Å²) in [5, 5.41) is 17.7. The van der Waals surface area contributed by atoms with Crippen LogP contribution in [0.4, 0.5) is 0 Å². The molecule has 4 unspecified atom stereocenters. The highest BCUT2D eigenvalue weighted by Gasteiger charge is 2.31. The molecule has 2 rings (SSSR count). The fourth-order valence-corrected chi connectivity index (χ4v) is 4.18. The van der Waals surface area contributed by atoms with Crippen molar-refractivity contribution in [1.82, 2.24) is 20.9 Å². The van der Waals surface area contributed by atoms with Crippen molar-refractivity contribution in [3.05, 3.63) is 36.0 Å². The number of para-hydroxylation sites is 1. The molecule has 4 amide bonds. The molecule has 0 aliphatic carbocycles. The Bertz CT molecular complexity index is 1130. The van der Waals surface area contributed by atoms with E-state index in [1.807, 2.05) is 30.5 Å². The number of hydrogen-bond donors (Lipinski definition) is 8. The Kier molecular flexibility index (Phi) is 11.8. The standard InChI is InChI=1S/C23H32N6O6S2/c1-37-7-6-16(21(32)29-18(23(34)35)9-19(25)30)27-22(33)17(28-20(31)14(24)11-36)8-12-10-26-15-5-3-2-4-13(12)15/h2-5,10,14,16-18,26,36H,6-9,11,24H2,1H3,(H2,25,30)(H,27,33)(H,28,31)(H,29,32)(H,34,35). The molecule has 0 saturated heterocycles. The Hall–Kier alpha value is -3.23. The Balaban J connectivity index is 2.27. The van der Waals surface area contributed by atoms with E-state index >= 15 is 0 Å². The number of primary amides is 1. The largest absolute Gasteiger partial charge is 0.480 e. The number of nitrogens with one attached hydrogen (secondary N) is 4. The number of benzene rings is 1. The number of aliphatic carboxylic acids is 1. The van der Waals surface area contributed by atoms with Crippen molar-refractivity contribution in [3.63, 3.8) is 0 Å². The molecule has 202 valence electrons. The number of hydrogen-bond acceptors (Lipinski definition) is 8. The molecule has 12 nitrogen and oxygen atoms in total. The first kappa shape index (κ1) is 30.0. The zero-order chi connectivity index (χ0) is 27.5. The number of carbonyl (C=O) groups is 5. The van der Waals surface area contributed by atoms with E-state index in [-0.39, 0.29) is 18.6 Å². The molecular weight excluding hydrogens is 520 g/mol. The molecular formula is C23H32N6O6S2. The van der Waals surface area contributed by atoms with Crippen molar-refractivity contribution in [2.24, 2.45) is 11.5 Å². The monoisotopic (exact) mass is 552 g/mol. The zero-order valence-electron chi connectivity index (χ0n) is 20.2. The van der Waals surface area contributed by atoms with Crippen molar-refractivity contribution in [2.45, 2.75) is 43.4 Å².